The average molecular weight is 475 g/mol. The molecular weight excluding hydrogens is 465 g/mol. The first-order chi connectivity index (χ1) is 13.9. The maximum atomic E-state index is 13.2. The first kappa shape index (κ1) is 19.2. The van der Waals surface area contributed by atoms with Gasteiger partial charge in [-0.15, -0.1) is 0 Å². The number of nitro benzene ring substituents is 1. The van der Waals surface area contributed by atoms with E-state index in [9.17, 15) is 14.5 Å². The number of aliphatic imine (C=N–C) groups is 1. The number of fused-ring (bicyclic) bond motifs is 1. The standard InChI is InChI=1S/C20H10BrClFN3O3/c21-15-5-1-11(7-18(15)26(27)28)10-24-13-3-6-19-17(9-13)25-20(29-19)14-4-2-12(23)8-16(14)22/h1-10H. The van der Waals surface area contributed by atoms with E-state index in [4.69, 9.17) is 16.0 Å². The number of rotatable bonds is 4. The van der Waals surface area contributed by atoms with E-state index in [-0.39, 0.29) is 16.6 Å². The molecule has 0 aliphatic heterocycles. The summed E-state index contributed by atoms with van der Waals surface area (Å²) in [6.07, 6.45) is 1.53. The second-order valence-corrected chi connectivity index (χ2v) is 7.28. The predicted octanol–water partition coefficient (Wildman–Crippen LogP) is 6.71. The van der Waals surface area contributed by atoms with E-state index in [1.807, 2.05) is 0 Å². The van der Waals surface area contributed by atoms with Crippen molar-refractivity contribution in [2.24, 2.45) is 4.99 Å². The Bertz CT molecular complexity index is 1290. The van der Waals surface area contributed by atoms with E-state index in [1.165, 1.54) is 30.5 Å². The number of hydrogen-bond donors (Lipinski definition) is 0. The van der Waals surface area contributed by atoms with Crippen molar-refractivity contribution in [3.8, 4) is 11.5 Å². The van der Waals surface area contributed by atoms with Gasteiger partial charge in [-0.05, 0) is 64.0 Å². The van der Waals surface area contributed by atoms with Gasteiger partial charge in [0.2, 0.25) is 5.89 Å². The fraction of sp³-hybridized carbons (Fsp3) is 0. The zero-order chi connectivity index (χ0) is 20.5. The molecule has 1 aromatic heterocycles. The molecule has 4 rings (SSSR count). The van der Waals surface area contributed by atoms with E-state index in [2.05, 4.69) is 25.9 Å². The largest absolute Gasteiger partial charge is 0.436 e. The van der Waals surface area contributed by atoms with Crippen LogP contribution in [-0.2, 0) is 0 Å². The van der Waals surface area contributed by atoms with Crippen molar-refractivity contribution in [2.75, 3.05) is 0 Å². The molecule has 3 aromatic carbocycles. The lowest BCUT2D eigenvalue weighted by atomic mass is 10.2. The molecule has 144 valence electrons. The molecule has 0 aliphatic carbocycles. The highest BCUT2D eigenvalue weighted by atomic mass is 79.9. The minimum Gasteiger partial charge on any atom is -0.436 e. The van der Waals surface area contributed by atoms with E-state index in [1.54, 1.807) is 30.3 Å². The fourth-order valence-electron chi connectivity index (χ4n) is 2.67. The lowest BCUT2D eigenvalue weighted by molar-refractivity contribution is -0.385. The van der Waals surface area contributed by atoms with Crippen molar-refractivity contribution in [1.82, 2.24) is 4.98 Å². The molecule has 0 amide bonds. The Balaban J connectivity index is 1.65. The van der Waals surface area contributed by atoms with Crippen LogP contribution in [0.25, 0.3) is 22.6 Å². The average Bonchev–Trinajstić information content (AvgIpc) is 3.10. The van der Waals surface area contributed by atoms with Crippen molar-refractivity contribution in [2.45, 2.75) is 0 Å². The first-order valence-corrected chi connectivity index (χ1v) is 9.42. The van der Waals surface area contributed by atoms with Crippen LogP contribution in [0.5, 0.6) is 0 Å². The molecule has 0 spiro atoms. The molecule has 0 radical (unpaired) electrons. The molecule has 0 N–H and O–H groups in total. The van der Waals surface area contributed by atoms with Crippen molar-refractivity contribution < 1.29 is 13.7 Å². The molecule has 0 aliphatic rings. The molecule has 0 saturated carbocycles. The third kappa shape index (κ3) is 4.03. The number of nitrogens with zero attached hydrogens (tertiary/aromatic N) is 3. The molecule has 0 bridgehead atoms. The second-order valence-electron chi connectivity index (χ2n) is 6.02. The van der Waals surface area contributed by atoms with Gasteiger partial charge in [0, 0.05) is 12.3 Å². The topological polar surface area (TPSA) is 81.5 Å². The summed E-state index contributed by atoms with van der Waals surface area (Å²) in [5.41, 5.74) is 2.70. The second kappa shape index (κ2) is 7.73. The molecular formula is C20H10BrClFN3O3. The summed E-state index contributed by atoms with van der Waals surface area (Å²) in [7, 11) is 0. The van der Waals surface area contributed by atoms with Crippen LogP contribution in [0.15, 0.2) is 68.5 Å². The van der Waals surface area contributed by atoms with Crippen LogP contribution in [0.3, 0.4) is 0 Å². The lowest BCUT2D eigenvalue weighted by Crippen LogP contribution is -1.91. The van der Waals surface area contributed by atoms with E-state index >= 15 is 0 Å². The minimum atomic E-state index is -0.467. The zero-order valence-electron chi connectivity index (χ0n) is 14.5. The molecule has 0 unspecified atom stereocenters. The van der Waals surface area contributed by atoms with Gasteiger partial charge < -0.3 is 4.42 Å². The Labute approximate surface area is 176 Å². The summed E-state index contributed by atoms with van der Waals surface area (Å²) in [5, 5.41) is 11.2. The van der Waals surface area contributed by atoms with Crippen molar-refractivity contribution in [1.29, 1.82) is 0 Å². The van der Waals surface area contributed by atoms with Gasteiger partial charge in [-0.2, -0.15) is 0 Å². The third-order valence-corrected chi connectivity index (χ3v) is 5.05. The van der Waals surface area contributed by atoms with Crippen LogP contribution >= 0.6 is 27.5 Å². The number of hydrogen-bond acceptors (Lipinski definition) is 5. The summed E-state index contributed by atoms with van der Waals surface area (Å²) in [6, 6.07) is 13.9. The highest BCUT2D eigenvalue weighted by Crippen LogP contribution is 2.32. The maximum absolute atomic E-state index is 13.2. The summed E-state index contributed by atoms with van der Waals surface area (Å²) >= 11 is 9.22. The van der Waals surface area contributed by atoms with Crippen LogP contribution in [-0.4, -0.2) is 16.1 Å². The minimum absolute atomic E-state index is 0.0401. The van der Waals surface area contributed by atoms with Gasteiger partial charge in [-0.25, -0.2) is 9.37 Å². The van der Waals surface area contributed by atoms with Crippen LogP contribution in [0, 0.1) is 15.9 Å². The Morgan fingerprint density at radius 2 is 2.00 bits per heavy atom. The Kier molecular flexibility index (Phi) is 5.12. The molecule has 4 aromatic rings. The number of benzene rings is 3. The van der Waals surface area contributed by atoms with Gasteiger partial charge in [0.25, 0.3) is 5.69 Å². The van der Waals surface area contributed by atoms with Gasteiger partial charge >= 0.3 is 0 Å². The smallest absolute Gasteiger partial charge is 0.284 e. The van der Waals surface area contributed by atoms with Gasteiger partial charge in [-0.3, -0.25) is 15.1 Å². The van der Waals surface area contributed by atoms with Crippen molar-refractivity contribution >= 4 is 56.2 Å². The third-order valence-electron chi connectivity index (χ3n) is 4.06. The maximum Gasteiger partial charge on any atom is 0.284 e. The Morgan fingerprint density at radius 1 is 1.17 bits per heavy atom. The molecule has 1 heterocycles. The van der Waals surface area contributed by atoms with Crippen LogP contribution in [0.4, 0.5) is 15.8 Å². The summed E-state index contributed by atoms with van der Waals surface area (Å²) < 4.78 is 19.3. The quantitative estimate of drug-likeness (QED) is 0.187. The van der Waals surface area contributed by atoms with Crippen molar-refractivity contribution in [3.05, 3.63) is 85.6 Å². The number of aromatic nitrogens is 1. The molecule has 9 heteroatoms. The van der Waals surface area contributed by atoms with E-state index in [0.717, 1.165) is 0 Å². The molecule has 0 fully saturated rings. The highest BCUT2D eigenvalue weighted by Gasteiger charge is 2.13. The summed E-state index contributed by atoms with van der Waals surface area (Å²) in [6.45, 7) is 0. The SMILES string of the molecule is O=[N+]([O-])c1cc(C=Nc2ccc3oc(-c4ccc(F)cc4Cl)nc3c2)ccc1Br. The molecule has 6 nitrogen and oxygen atoms in total. The fourth-order valence-corrected chi connectivity index (χ4v) is 3.31. The van der Waals surface area contributed by atoms with Crippen LogP contribution in [0.2, 0.25) is 5.02 Å². The summed E-state index contributed by atoms with van der Waals surface area (Å²) in [4.78, 5) is 19.3. The predicted molar refractivity (Wildman–Crippen MR) is 112 cm³/mol. The number of nitro groups is 1. The molecule has 0 saturated heterocycles. The molecule has 0 atom stereocenters. The highest BCUT2D eigenvalue weighted by molar-refractivity contribution is 9.10. The van der Waals surface area contributed by atoms with Crippen LogP contribution < -0.4 is 0 Å². The van der Waals surface area contributed by atoms with Gasteiger partial charge in [-0.1, -0.05) is 17.7 Å². The monoisotopic (exact) mass is 473 g/mol. The van der Waals surface area contributed by atoms with Gasteiger partial charge in [0.15, 0.2) is 5.58 Å². The normalized spacial score (nSPS) is 11.4. The van der Waals surface area contributed by atoms with Crippen molar-refractivity contribution in [3.63, 3.8) is 0 Å². The lowest BCUT2D eigenvalue weighted by Gasteiger charge is -1.98. The molecule has 29 heavy (non-hydrogen) atoms. The number of halogens is 3. The first-order valence-electron chi connectivity index (χ1n) is 8.25. The van der Waals surface area contributed by atoms with Gasteiger partial charge in [0.1, 0.15) is 11.3 Å². The Morgan fingerprint density at radius 3 is 2.76 bits per heavy atom. The number of oxazole rings is 1. The Hall–Kier alpha value is -3.10. The zero-order valence-corrected chi connectivity index (χ0v) is 16.8. The summed E-state index contributed by atoms with van der Waals surface area (Å²) in [5.74, 6) is -0.172. The van der Waals surface area contributed by atoms with E-state index in [0.29, 0.717) is 32.4 Å². The van der Waals surface area contributed by atoms with E-state index < -0.39 is 10.7 Å². The van der Waals surface area contributed by atoms with Gasteiger partial charge in [0.05, 0.1) is 25.7 Å². The van der Waals surface area contributed by atoms with Crippen LogP contribution in [0.1, 0.15) is 5.56 Å².